The van der Waals surface area contributed by atoms with Crippen molar-refractivity contribution < 1.29 is 9.18 Å². The Labute approximate surface area is 186 Å². The first-order valence-corrected chi connectivity index (χ1v) is 10.7. The Morgan fingerprint density at radius 2 is 1.94 bits per heavy atom. The highest BCUT2D eigenvalue weighted by Crippen LogP contribution is 2.20. The van der Waals surface area contributed by atoms with Gasteiger partial charge >= 0.3 is 0 Å². The predicted octanol–water partition coefficient (Wildman–Crippen LogP) is 5.19. The van der Waals surface area contributed by atoms with Crippen LogP contribution in [0.5, 0.6) is 0 Å². The minimum atomic E-state index is -0.312. The number of amides is 1. The number of aromatic nitrogens is 4. The molecule has 2 heterocycles. The van der Waals surface area contributed by atoms with Crippen LogP contribution in [0.15, 0.2) is 67.1 Å². The quantitative estimate of drug-likeness (QED) is 0.438. The first-order chi connectivity index (χ1) is 15.5. The topological polar surface area (TPSA) is 64.7 Å². The van der Waals surface area contributed by atoms with Crippen LogP contribution in [0, 0.1) is 5.82 Å². The Balaban J connectivity index is 1.54. The van der Waals surface area contributed by atoms with Gasteiger partial charge in [-0.15, -0.1) is 0 Å². The average molecular weight is 432 g/mol. The average Bonchev–Trinajstić information content (AvgIpc) is 3.41. The third-order valence-corrected chi connectivity index (χ3v) is 5.32. The fraction of sp³-hybridized carbons (Fsp3) is 0.240. The molecule has 6 nitrogen and oxygen atoms in total. The summed E-state index contributed by atoms with van der Waals surface area (Å²) >= 11 is 0. The van der Waals surface area contributed by atoms with Crippen molar-refractivity contribution in [2.45, 2.75) is 39.7 Å². The van der Waals surface area contributed by atoms with E-state index in [2.05, 4.69) is 33.8 Å². The van der Waals surface area contributed by atoms with Crippen molar-refractivity contribution in [3.63, 3.8) is 0 Å². The summed E-state index contributed by atoms with van der Waals surface area (Å²) in [6.07, 6.45) is 5.95. The molecule has 0 fully saturated rings. The van der Waals surface area contributed by atoms with Crippen LogP contribution >= 0.6 is 0 Å². The van der Waals surface area contributed by atoms with Crippen molar-refractivity contribution in [2.75, 3.05) is 5.32 Å². The maximum atomic E-state index is 13.3. The van der Waals surface area contributed by atoms with Gasteiger partial charge in [-0.2, -0.15) is 5.10 Å². The maximum Gasteiger partial charge on any atom is 0.259 e. The molecule has 0 atom stereocenters. The molecule has 0 radical (unpaired) electrons. The normalized spacial score (nSPS) is 11.2. The molecule has 2 aromatic carbocycles. The van der Waals surface area contributed by atoms with E-state index in [1.54, 1.807) is 23.0 Å². The Morgan fingerprint density at radius 3 is 2.66 bits per heavy atom. The van der Waals surface area contributed by atoms with Crippen molar-refractivity contribution in [1.29, 1.82) is 0 Å². The zero-order valence-corrected chi connectivity index (χ0v) is 18.4. The molecule has 0 aliphatic carbocycles. The fourth-order valence-electron chi connectivity index (χ4n) is 3.81. The minimum absolute atomic E-state index is 0.224. The molecule has 0 aliphatic heterocycles. The zero-order valence-electron chi connectivity index (χ0n) is 18.4. The fourth-order valence-corrected chi connectivity index (χ4v) is 3.81. The van der Waals surface area contributed by atoms with E-state index in [1.807, 2.05) is 43.6 Å². The van der Waals surface area contributed by atoms with E-state index in [0.717, 1.165) is 22.8 Å². The molecule has 32 heavy (non-hydrogen) atoms. The maximum absolute atomic E-state index is 13.3. The van der Waals surface area contributed by atoms with Gasteiger partial charge in [0.05, 0.1) is 23.1 Å². The van der Waals surface area contributed by atoms with Gasteiger partial charge in [-0.05, 0) is 48.4 Å². The number of halogens is 1. The molecule has 2 aromatic heterocycles. The van der Waals surface area contributed by atoms with Crippen LogP contribution < -0.4 is 5.32 Å². The van der Waals surface area contributed by atoms with Crippen molar-refractivity contribution >= 4 is 11.6 Å². The summed E-state index contributed by atoms with van der Waals surface area (Å²) in [6.45, 7) is 6.88. The molecule has 4 aromatic rings. The number of hydrogen-bond acceptors (Lipinski definition) is 3. The molecule has 0 unspecified atom stereocenters. The van der Waals surface area contributed by atoms with Crippen LogP contribution in [0.1, 0.15) is 54.1 Å². The lowest BCUT2D eigenvalue weighted by Crippen LogP contribution is -2.14. The Kier molecular flexibility index (Phi) is 6.16. The molecule has 164 valence electrons. The number of hydrogen-bond donors (Lipinski definition) is 1. The lowest BCUT2D eigenvalue weighted by atomic mass is 10.1. The Morgan fingerprint density at radius 1 is 1.16 bits per heavy atom. The van der Waals surface area contributed by atoms with Crippen LogP contribution in [0.3, 0.4) is 0 Å². The molecule has 1 N–H and O–H groups in total. The van der Waals surface area contributed by atoms with Gasteiger partial charge in [-0.3, -0.25) is 4.79 Å². The number of carbonyl (C=O) groups is 1. The van der Waals surface area contributed by atoms with Crippen LogP contribution in [0.2, 0.25) is 0 Å². The molecular formula is C25H26FN5O. The molecular weight excluding hydrogens is 405 g/mol. The Bertz CT molecular complexity index is 1220. The molecule has 0 aliphatic rings. The van der Waals surface area contributed by atoms with Crippen molar-refractivity contribution in [3.8, 4) is 5.69 Å². The number of carbonyl (C=O) groups excluding carboxylic acids is 1. The van der Waals surface area contributed by atoms with Crippen LogP contribution in [0.25, 0.3) is 5.69 Å². The van der Waals surface area contributed by atoms with E-state index >= 15 is 0 Å². The molecule has 0 saturated carbocycles. The molecule has 0 bridgehead atoms. The summed E-state index contributed by atoms with van der Waals surface area (Å²) < 4.78 is 17.1. The van der Waals surface area contributed by atoms with Crippen LogP contribution in [0.4, 0.5) is 10.1 Å². The standard InChI is InChI=1S/C25H26FN5O/c1-4-23-22(15-28-31(23)21-10-8-19(26)9-11-21)25(32)29-20-7-5-6-18(14-20)16-30-13-12-27-24(30)17(2)3/h5-15,17H,4,16H2,1-3H3,(H,29,32). The second-order valence-corrected chi connectivity index (χ2v) is 7.97. The number of nitrogens with one attached hydrogen (secondary N) is 1. The van der Waals surface area contributed by atoms with Crippen molar-refractivity contribution in [2.24, 2.45) is 0 Å². The molecule has 0 saturated heterocycles. The van der Waals surface area contributed by atoms with Gasteiger partial charge in [0, 0.05) is 30.5 Å². The van der Waals surface area contributed by atoms with E-state index in [9.17, 15) is 9.18 Å². The zero-order chi connectivity index (χ0) is 22.7. The number of anilines is 1. The minimum Gasteiger partial charge on any atom is -0.330 e. The van der Waals surface area contributed by atoms with E-state index in [-0.39, 0.29) is 11.7 Å². The first kappa shape index (κ1) is 21.5. The highest BCUT2D eigenvalue weighted by atomic mass is 19.1. The summed E-state index contributed by atoms with van der Waals surface area (Å²) in [5, 5.41) is 7.35. The monoisotopic (exact) mass is 431 g/mol. The first-order valence-electron chi connectivity index (χ1n) is 10.7. The van der Waals surface area contributed by atoms with Crippen LogP contribution in [-0.2, 0) is 13.0 Å². The number of rotatable bonds is 7. The van der Waals surface area contributed by atoms with E-state index in [0.29, 0.717) is 30.1 Å². The van der Waals surface area contributed by atoms with Crippen molar-refractivity contribution in [1.82, 2.24) is 19.3 Å². The second kappa shape index (κ2) is 9.18. The van der Waals surface area contributed by atoms with Gasteiger partial charge < -0.3 is 9.88 Å². The molecule has 7 heteroatoms. The highest BCUT2D eigenvalue weighted by molar-refractivity contribution is 6.05. The van der Waals surface area contributed by atoms with Gasteiger partial charge in [0.1, 0.15) is 11.6 Å². The second-order valence-electron chi connectivity index (χ2n) is 7.97. The lowest BCUT2D eigenvalue weighted by Gasteiger charge is -2.12. The largest absolute Gasteiger partial charge is 0.330 e. The highest BCUT2D eigenvalue weighted by Gasteiger charge is 2.18. The van der Waals surface area contributed by atoms with Crippen LogP contribution in [-0.4, -0.2) is 25.2 Å². The van der Waals surface area contributed by atoms with Gasteiger partial charge in [0.25, 0.3) is 5.91 Å². The third kappa shape index (κ3) is 4.46. The summed E-state index contributed by atoms with van der Waals surface area (Å²) in [6, 6.07) is 13.9. The molecule has 4 rings (SSSR count). The van der Waals surface area contributed by atoms with E-state index < -0.39 is 0 Å². The number of nitrogens with zero attached hydrogens (tertiary/aromatic N) is 4. The van der Waals surface area contributed by atoms with E-state index in [1.165, 1.54) is 12.1 Å². The SMILES string of the molecule is CCc1c(C(=O)Nc2cccc(Cn3ccnc3C(C)C)c2)cnn1-c1ccc(F)cc1. The van der Waals surface area contributed by atoms with Gasteiger partial charge in [0.15, 0.2) is 0 Å². The lowest BCUT2D eigenvalue weighted by molar-refractivity contribution is 0.102. The predicted molar refractivity (Wildman–Crippen MR) is 123 cm³/mol. The number of imidazole rings is 1. The molecule has 0 spiro atoms. The summed E-state index contributed by atoms with van der Waals surface area (Å²) in [5.74, 6) is 0.823. The third-order valence-electron chi connectivity index (χ3n) is 5.32. The van der Waals surface area contributed by atoms with Gasteiger partial charge in [-0.1, -0.05) is 32.9 Å². The summed E-state index contributed by atoms with van der Waals surface area (Å²) in [5.41, 5.74) is 3.77. The van der Waals surface area contributed by atoms with Crippen molar-refractivity contribution in [3.05, 3.63) is 95.6 Å². The number of benzene rings is 2. The van der Waals surface area contributed by atoms with Gasteiger partial charge in [0.2, 0.25) is 0 Å². The van der Waals surface area contributed by atoms with Gasteiger partial charge in [-0.25, -0.2) is 14.1 Å². The molecule has 1 amide bonds. The smallest absolute Gasteiger partial charge is 0.259 e. The summed E-state index contributed by atoms with van der Waals surface area (Å²) in [4.78, 5) is 17.5. The Hall–Kier alpha value is -3.74. The summed E-state index contributed by atoms with van der Waals surface area (Å²) in [7, 11) is 0. The van der Waals surface area contributed by atoms with E-state index in [4.69, 9.17) is 0 Å².